The molecule has 0 saturated heterocycles. The predicted octanol–water partition coefficient (Wildman–Crippen LogP) is 2.70. The third-order valence-electron chi connectivity index (χ3n) is 3.05. The van der Waals surface area contributed by atoms with Gasteiger partial charge in [0.15, 0.2) is 0 Å². The molecule has 1 aromatic carbocycles. The fraction of sp³-hybridized carbons (Fsp3) is 0.529. The summed E-state index contributed by atoms with van der Waals surface area (Å²) in [6.45, 7) is 8.07. The lowest BCUT2D eigenvalue weighted by Crippen LogP contribution is -2.43. The Kier molecular flexibility index (Phi) is 6.71. The molecule has 0 bridgehead atoms. The van der Waals surface area contributed by atoms with Gasteiger partial charge in [-0.2, -0.15) is 0 Å². The van der Waals surface area contributed by atoms with E-state index in [4.69, 9.17) is 9.47 Å². The Hall–Kier alpha value is -2.15. The van der Waals surface area contributed by atoms with Gasteiger partial charge in [0.2, 0.25) is 0 Å². The maximum atomic E-state index is 12.9. The number of hydrogen-bond donors (Lipinski definition) is 2. The summed E-state index contributed by atoms with van der Waals surface area (Å²) >= 11 is 0. The van der Waals surface area contributed by atoms with Crippen molar-refractivity contribution in [3.05, 3.63) is 35.6 Å². The monoisotopic (exact) mass is 341 g/mol. The van der Waals surface area contributed by atoms with Crippen molar-refractivity contribution in [2.45, 2.75) is 58.5 Å². The minimum absolute atomic E-state index is 0.421. The molecule has 1 aromatic rings. The first-order valence-corrected chi connectivity index (χ1v) is 7.63. The van der Waals surface area contributed by atoms with Crippen LogP contribution in [-0.4, -0.2) is 34.9 Å². The smallest absolute Gasteiger partial charge is 0.408 e. The third-order valence-corrected chi connectivity index (χ3v) is 3.05. The Balaban J connectivity index is 2.56. The molecule has 0 radical (unpaired) electrons. The zero-order valence-electron chi connectivity index (χ0n) is 14.5. The lowest BCUT2D eigenvalue weighted by Gasteiger charge is -2.24. The molecule has 1 rings (SSSR count). The summed E-state index contributed by atoms with van der Waals surface area (Å²) in [7, 11) is 0. The Morgan fingerprint density at radius 2 is 1.71 bits per heavy atom. The zero-order chi connectivity index (χ0) is 18.5. The SMILES string of the molecule is CC(NC(=O)OC(C)(C)C)C(=O)OC(C)C(O)c1ccc(F)cc1. The topological polar surface area (TPSA) is 84.9 Å². The van der Waals surface area contributed by atoms with E-state index in [2.05, 4.69) is 5.32 Å². The number of aliphatic hydroxyl groups is 1. The van der Waals surface area contributed by atoms with Crippen molar-refractivity contribution in [2.24, 2.45) is 0 Å². The van der Waals surface area contributed by atoms with Crippen LogP contribution in [0.5, 0.6) is 0 Å². The van der Waals surface area contributed by atoms with Gasteiger partial charge in [0.1, 0.15) is 29.7 Å². The van der Waals surface area contributed by atoms with Crippen LogP contribution >= 0.6 is 0 Å². The van der Waals surface area contributed by atoms with E-state index >= 15 is 0 Å². The Morgan fingerprint density at radius 3 is 2.21 bits per heavy atom. The Labute approximate surface area is 141 Å². The fourth-order valence-electron chi connectivity index (χ4n) is 1.82. The highest BCUT2D eigenvalue weighted by molar-refractivity contribution is 5.81. The second-order valence-corrected chi connectivity index (χ2v) is 6.51. The molecule has 0 aliphatic rings. The van der Waals surface area contributed by atoms with Crippen LogP contribution in [0.4, 0.5) is 9.18 Å². The van der Waals surface area contributed by atoms with E-state index in [0.29, 0.717) is 5.56 Å². The molecule has 0 heterocycles. The second-order valence-electron chi connectivity index (χ2n) is 6.51. The largest absolute Gasteiger partial charge is 0.458 e. The molecule has 3 unspecified atom stereocenters. The Bertz CT molecular complexity index is 567. The molecule has 6 nitrogen and oxygen atoms in total. The molecular weight excluding hydrogens is 317 g/mol. The zero-order valence-corrected chi connectivity index (χ0v) is 14.5. The van der Waals surface area contributed by atoms with Crippen molar-refractivity contribution in [3.8, 4) is 0 Å². The molecule has 2 N–H and O–H groups in total. The molecule has 0 saturated carbocycles. The number of rotatable bonds is 5. The molecule has 0 aliphatic carbocycles. The normalized spacial score (nSPS) is 15.1. The van der Waals surface area contributed by atoms with Crippen molar-refractivity contribution >= 4 is 12.1 Å². The van der Waals surface area contributed by atoms with E-state index in [1.165, 1.54) is 38.1 Å². The molecule has 24 heavy (non-hydrogen) atoms. The van der Waals surface area contributed by atoms with Gasteiger partial charge in [-0.3, -0.25) is 0 Å². The first-order valence-electron chi connectivity index (χ1n) is 7.63. The number of aliphatic hydroxyl groups excluding tert-OH is 1. The van der Waals surface area contributed by atoms with Crippen LogP contribution in [0.15, 0.2) is 24.3 Å². The fourth-order valence-corrected chi connectivity index (χ4v) is 1.82. The number of benzene rings is 1. The number of ether oxygens (including phenoxy) is 2. The van der Waals surface area contributed by atoms with E-state index in [9.17, 15) is 19.1 Å². The molecule has 0 aromatic heterocycles. The van der Waals surface area contributed by atoms with E-state index < -0.39 is 41.7 Å². The van der Waals surface area contributed by atoms with E-state index in [1.807, 2.05) is 0 Å². The minimum Gasteiger partial charge on any atom is -0.458 e. The van der Waals surface area contributed by atoms with Crippen molar-refractivity contribution in [1.29, 1.82) is 0 Å². The van der Waals surface area contributed by atoms with Gasteiger partial charge in [-0.1, -0.05) is 12.1 Å². The highest BCUT2D eigenvalue weighted by Gasteiger charge is 2.26. The number of carbonyl (C=O) groups is 2. The van der Waals surface area contributed by atoms with Gasteiger partial charge < -0.3 is 19.9 Å². The molecule has 0 spiro atoms. The van der Waals surface area contributed by atoms with Gasteiger partial charge in [0, 0.05) is 0 Å². The summed E-state index contributed by atoms with van der Waals surface area (Å²) in [6, 6.07) is 4.29. The van der Waals surface area contributed by atoms with Crippen molar-refractivity contribution in [2.75, 3.05) is 0 Å². The van der Waals surface area contributed by atoms with Gasteiger partial charge in [-0.25, -0.2) is 14.0 Å². The van der Waals surface area contributed by atoms with Crippen LogP contribution in [0, 0.1) is 5.82 Å². The van der Waals surface area contributed by atoms with Crippen LogP contribution in [0.1, 0.15) is 46.3 Å². The molecule has 0 fully saturated rings. The molecule has 7 heteroatoms. The standard InChI is InChI=1S/C17H24FNO5/c1-10(19-16(22)24-17(3,4)5)15(21)23-11(2)14(20)12-6-8-13(18)9-7-12/h6-11,14,20H,1-5H3,(H,19,22). The minimum atomic E-state index is -1.11. The number of alkyl carbamates (subject to hydrolysis) is 1. The van der Waals surface area contributed by atoms with Gasteiger partial charge >= 0.3 is 12.1 Å². The lowest BCUT2D eigenvalue weighted by molar-refractivity contribution is -0.156. The van der Waals surface area contributed by atoms with E-state index in [1.54, 1.807) is 20.8 Å². The van der Waals surface area contributed by atoms with E-state index in [-0.39, 0.29) is 0 Å². The first-order chi connectivity index (χ1) is 11.0. The Morgan fingerprint density at radius 1 is 1.17 bits per heavy atom. The van der Waals surface area contributed by atoms with Gasteiger partial charge in [-0.15, -0.1) is 0 Å². The number of nitrogens with one attached hydrogen (secondary N) is 1. The van der Waals surface area contributed by atoms with Gasteiger partial charge in [0.05, 0.1) is 0 Å². The average Bonchev–Trinajstić information content (AvgIpc) is 2.44. The number of carbonyl (C=O) groups excluding carboxylic acids is 2. The van der Waals surface area contributed by atoms with Crippen LogP contribution < -0.4 is 5.32 Å². The summed E-state index contributed by atoms with van der Waals surface area (Å²) in [5, 5.41) is 12.5. The maximum absolute atomic E-state index is 12.9. The highest BCUT2D eigenvalue weighted by Crippen LogP contribution is 2.19. The second kappa shape index (κ2) is 8.10. The lowest BCUT2D eigenvalue weighted by atomic mass is 10.1. The summed E-state index contributed by atoms with van der Waals surface area (Å²) < 4.78 is 23.1. The first kappa shape index (κ1) is 19.9. The van der Waals surface area contributed by atoms with Crippen molar-refractivity contribution < 1.29 is 28.6 Å². The molecule has 1 amide bonds. The van der Waals surface area contributed by atoms with Crippen molar-refractivity contribution in [1.82, 2.24) is 5.32 Å². The number of esters is 1. The third kappa shape index (κ3) is 6.54. The maximum Gasteiger partial charge on any atom is 0.408 e. The van der Waals surface area contributed by atoms with Crippen LogP contribution in [0.3, 0.4) is 0 Å². The van der Waals surface area contributed by atoms with Gasteiger partial charge in [-0.05, 0) is 52.3 Å². The molecular formula is C17H24FNO5. The van der Waals surface area contributed by atoms with Crippen LogP contribution in [0.2, 0.25) is 0 Å². The molecule has 134 valence electrons. The average molecular weight is 341 g/mol. The van der Waals surface area contributed by atoms with Crippen LogP contribution in [0.25, 0.3) is 0 Å². The summed E-state index contributed by atoms with van der Waals surface area (Å²) in [5.74, 6) is -1.14. The quantitative estimate of drug-likeness (QED) is 0.805. The molecule has 0 aliphatic heterocycles. The van der Waals surface area contributed by atoms with Gasteiger partial charge in [0.25, 0.3) is 0 Å². The van der Waals surface area contributed by atoms with Crippen molar-refractivity contribution in [3.63, 3.8) is 0 Å². The number of amides is 1. The molecule has 3 atom stereocenters. The highest BCUT2D eigenvalue weighted by atomic mass is 19.1. The summed E-state index contributed by atoms with van der Waals surface area (Å²) in [4.78, 5) is 23.6. The number of halogens is 1. The number of hydrogen-bond acceptors (Lipinski definition) is 5. The van der Waals surface area contributed by atoms with E-state index in [0.717, 1.165) is 0 Å². The predicted molar refractivity (Wildman–Crippen MR) is 85.7 cm³/mol. The van der Waals surface area contributed by atoms with Crippen LogP contribution in [-0.2, 0) is 14.3 Å². The summed E-state index contributed by atoms with van der Waals surface area (Å²) in [5.41, 5.74) is -0.260. The summed E-state index contributed by atoms with van der Waals surface area (Å²) in [6.07, 6.45) is -2.71.